The number of aromatic amines is 2. The SMILES string of the molecule is COc1cnc(-n2nc[nH]c2=O)c2[nH]cc(C(=O)C(=O)O)c12. The number of fused-ring (bicyclic) bond motifs is 1. The van der Waals surface area contributed by atoms with Gasteiger partial charge in [-0.15, -0.1) is 0 Å². The fraction of sp³-hybridized carbons (Fsp3) is 0.0833. The lowest BCUT2D eigenvalue weighted by Gasteiger charge is -2.06. The smallest absolute Gasteiger partial charge is 0.377 e. The quantitative estimate of drug-likeness (QED) is 0.444. The lowest BCUT2D eigenvalue weighted by molar-refractivity contribution is -0.131. The van der Waals surface area contributed by atoms with Crippen LogP contribution in [0.15, 0.2) is 23.5 Å². The fourth-order valence-corrected chi connectivity index (χ4v) is 2.12. The molecule has 0 aliphatic heterocycles. The summed E-state index contributed by atoms with van der Waals surface area (Å²) in [6, 6.07) is 0. The van der Waals surface area contributed by atoms with Crippen molar-refractivity contribution in [3.05, 3.63) is 34.8 Å². The first-order chi connectivity index (χ1) is 10.5. The molecule has 3 aromatic heterocycles. The minimum atomic E-state index is -1.60. The van der Waals surface area contributed by atoms with Crippen LogP contribution in [0.3, 0.4) is 0 Å². The normalized spacial score (nSPS) is 10.8. The molecule has 0 saturated carbocycles. The molecule has 3 aromatic rings. The van der Waals surface area contributed by atoms with E-state index in [1.165, 1.54) is 25.8 Å². The van der Waals surface area contributed by atoms with Crippen LogP contribution in [-0.2, 0) is 4.79 Å². The molecule has 3 rings (SSSR count). The van der Waals surface area contributed by atoms with Crippen LogP contribution >= 0.6 is 0 Å². The van der Waals surface area contributed by atoms with E-state index in [9.17, 15) is 14.4 Å². The number of ether oxygens (including phenoxy) is 1. The number of hydrogen-bond acceptors (Lipinski definition) is 6. The van der Waals surface area contributed by atoms with Crippen molar-refractivity contribution in [3.63, 3.8) is 0 Å². The lowest BCUT2D eigenvalue weighted by Crippen LogP contribution is -2.18. The standard InChI is InChI=1S/C12H9N5O5/c1-22-6-3-14-10(17-12(21)15-4-16-17)8-7(6)5(2-13-8)9(18)11(19)20/h2-4,13H,1H3,(H,19,20)(H,15,16,21). The van der Waals surface area contributed by atoms with Gasteiger partial charge in [-0.25, -0.2) is 14.6 Å². The fourth-order valence-electron chi connectivity index (χ4n) is 2.12. The number of pyridine rings is 1. The van der Waals surface area contributed by atoms with E-state index in [0.29, 0.717) is 0 Å². The van der Waals surface area contributed by atoms with Gasteiger partial charge >= 0.3 is 11.7 Å². The van der Waals surface area contributed by atoms with Gasteiger partial charge in [-0.3, -0.25) is 9.78 Å². The highest BCUT2D eigenvalue weighted by Gasteiger charge is 2.24. The Bertz CT molecular complexity index is 950. The van der Waals surface area contributed by atoms with Crippen molar-refractivity contribution in [2.45, 2.75) is 0 Å². The summed E-state index contributed by atoms with van der Waals surface area (Å²) in [7, 11) is 1.36. The van der Waals surface area contributed by atoms with E-state index in [1.54, 1.807) is 0 Å². The van der Waals surface area contributed by atoms with Crippen molar-refractivity contribution in [1.29, 1.82) is 0 Å². The molecule has 3 heterocycles. The molecule has 0 amide bonds. The van der Waals surface area contributed by atoms with Crippen molar-refractivity contribution in [2.75, 3.05) is 7.11 Å². The zero-order chi connectivity index (χ0) is 15.9. The van der Waals surface area contributed by atoms with E-state index in [-0.39, 0.29) is 28.0 Å². The van der Waals surface area contributed by atoms with Crippen molar-refractivity contribution in [1.82, 2.24) is 24.7 Å². The van der Waals surface area contributed by atoms with Crippen LogP contribution in [0.2, 0.25) is 0 Å². The number of nitrogens with one attached hydrogen (secondary N) is 2. The van der Waals surface area contributed by atoms with Crippen LogP contribution in [0.5, 0.6) is 5.75 Å². The lowest BCUT2D eigenvalue weighted by atomic mass is 10.1. The molecular weight excluding hydrogens is 294 g/mol. The van der Waals surface area contributed by atoms with Gasteiger partial charge in [0.25, 0.3) is 5.78 Å². The van der Waals surface area contributed by atoms with Gasteiger partial charge in [0.2, 0.25) is 0 Å². The average molecular weight is 303 g/mol. The van der Waals surface area contributed by atoms with E-state index in [0.717, 1.165) is 4.68 Å². The average Bonchev–Trinajstić information content (AvgIpc) is 3.12. The number of carbonyl (C=O) groups is 2. The Labute approximate surface area is 121 Å². The Kier molecular flexibility index (Phi) is 2.98. The van der Waals surface area contributed by atoms with Gasteiger partial charge in [0.1, 0.15) is 12.1 Å². The summed E-state index contributed by atoms with van der Waals surface area (Å²) in [4.78, 5) is 43.5. The maximum absolute atomic E-state index is 11.8. The number of ketones is 1. The predicted molar refractivity (Wildman–Crippen MR) is 72.4 cm³/mol. The van der Waals surface area contributed by atoms with E-state index in [2.05, 4.69) is 20.1 Å². The number of aromatic nitrogens is 5. The largest absolute Gasteiger partial charge is 0.494 e. The Morgan fingerprint density at radius 1 is 1.36 bits per heavy atom. The third kappa shape index (κ3) is 1.85. The first-order valence-corrected chi connectivity index (χ1v) is 5.99. The van der Waals surface area contributed by atoms with Gasteiger partial charge in [-0.05, 0) is 0 Å². The summed E-state index contributed by atoms with van der Waals surface area (Å²) < 4.78 is 6.10. The number of H-pyrrole nitrogens is 2. The van der Waals surface area contributed by atoms with Gasteiger partial charge in [0.05, 0.1) is 29.8 Å². The van der Waals surface area contributed by atoms with Crippen molar-refractivity contribution in [3.8, 4) is 11.6 Å². The number of aliphatic carboxylic acids is 1. The number of hydrogen-bond donors (Lipinski definition) is 3. The first-order valence-electron chi connectivity index (χ1n) is 5.99. The summed E-state index contributed by atoms with van der Waals surface area (Å²) in [5, 5.41) is 12.9. The Hall–Kier alpha value is -3.43. The molecule has 0 radical (unpaired) electrons. The van der Waals surface area contributed by atoms with E-state index < -0.39 is 17.4 Å². The van der Waals surface area contributed by atoms with Crippen molar-refractivity contribution >= 4 is 22.7 Å². The highest BCUT2D eigenvalue weighted by Crippen LogP contribution is 2.31. The summed E-state index contributed by atoms with van der Waals surface area (Å²) in [6.07, 6.45) is 3.70. The Morgan fingerprint density at radius 2 is 2.14 bits per heavy atom. The van der Waals surface area contributed by atoms with Gasteiger partial charge in [0, 0.05) is 6.20 Å². The van der Waals surface area contributed by atoms with Crippen LogP contribution in [0.1, 0.15) is 10.4 Å². The minimum Gasteiger partial charge on any atom is -0.494 e. The van der Waals surface area contributed by atoms with Gasteiger partial charge in [-0.2, -0.15) is 9.78 Å². The van der Waals surface area contributed by atoms with E-state index in [4.69, 9.17) is 9.84 Å². The molecule has 10 nitrogen and oxygen atoms in total. The number of nitrogens with zero attached hydrogens (tertiary/aromatic N) is 3. The van der Waals surface area contributed by atoms with Crippen molar-refractivity contribution < 1.29 is 19.4 Å². The summed E-state index contributed by atoms with van der Waals surface area (Å²) in [5.74, 6) is -2.38. The highest BCUT2D eigenvalue weighted by atomic mass is 16.5. The first kappa shape index (κ1) is 13.5. The third-order valence-corrected chi connectivity index (χ3v) is 3.07. The highest BCUT2D eigenvalue weighted by molar-refractivity contribution is 6.42. The third-order valence-electron chi connectivity index (χ3n) is 3.07. The number of Topliss-reactive ketones (excluding diaryl/α,β-unsaturated/α-hetero) is 1. The molecular formula is C12H9N5O5. The van der Waals surface area contributed by atoms with Gasteiger partial charge < -0.3 is 14.8 Å². The molecule has 22 heavy (non-hydrogen) atoms. The molecule has 0 fully saturated rings. The summed E-state index contributed by atoms with van der Waals surface area (Å²) in [5.41, 5.74) is -0.357. The molecule has 0 aliphatic rings. The number of methoxy groups -OCH3 is 1. The van der Waals surface area contributed by atoms with E-state index >= 15 is 0 Å². The number of carboxylic acids is 1. The maximum Gasteiger partial charge on any atom is 0.377 e. The van der Waals surface area contributed by atoms with Crippen LogP contribution in [-0.4, -0.2) is 48.7 Å². The second-order valence-electron chi connectivity index (χ2n) is 4.24. The Morgan fingerprint density at radius 3 is 2.73 bits per heavy atom. The van der Waals surface area contributed by atoms with Crippen LogP contribution in [0, 0.1) is 0 Å². The molecule has 112 valence electrons. The number of rotatable bonds is 4. The molecule has 0 atom stereocenters. The second kappa shape index (κ2) is 4.84. The molecule has 3 N–H and O–H groups in total. The minimum absolute atomic E-state index is 0.0911. The summed E-state index contributed by atoms with van der Waals surface area (Å²) in [6.45, 7) is 0. The molecule has 0 saturated heterocycles. The van der Waals surface area contributed by atoms with Crippen molar-refractivity contribution in [2.24, 2.45) is 0 Å². The Balaban J connectivity index is 2.36. The molecule has 0 aliphatic carbocycles. The monoisotopic (exact) mass is 303 g/mol. The molecule has 0 spiro atoms. The predicted octanol–water partition coefficient (Wildman–Crippen LogP) is -0.287. The maximum atomic E-state index is 11.8. The van der Waals surface area contributed by atoms with Gasteiger partial charge in [-0.1, -0.05) is 0 Å². The molecule has 0 bridgehead atoms. The zero-order valence-corrected chi connectivity index (χ0v) is 11.2. The number of carbonyl (C=O) groups excluding carboxylic acids is 1. The molecule has 0 aromatic carbocycles. The zero-order valence-electron chi connectivity index (χ0n) is 11.2. The van der Waals surface area contributed by atoms with Crippen LogP contribution in [0.4, 0.5) is 0 Å². The van der Waals surface area contributed by atoms with E-state index in [1.807, 2.05) is 0 Å². The van der Waals surface area contributed by atoms with Crippen LogP contribution in [0.25, 0.3) is 16.7 Å². The second-order valence-corrected chi connectivity index (χ2v) is 4.24. The molecule has 10 heteroatoms. The molecule has 0 unspecified atom stereocenters. The number of carboxylic acid groups (broad SMARTS) is 1. The topological polar surface area (TPSA) is 143 Å². The summed E-state index contributed by atoms with van der Waals surface area (Å²) >= 11 is 0. The van der Waals surface area contributed by atoms with Gasteiger partial charge in [0.15, 0.2) is 5.82 Å². The van der Waals surface area contributed by atoms with Crippen LogP contribution < -0.4 is 10.4 Å².